The quantitative estimate of drug-likeness (QED) is 0.568. The number of ether oxygens (including phenoxy) is 2. The van der Waals surface area contributed by atoms with E-state index in [2.05, 4.69) is 9.98 Å². The standard InChI is InChI=1S/C15H20N4O5S3/c1-23-12-9-13(24-2)19(15(17-12)18-14(16)25-3)27(21,22)11-8-6-5-7-10(11)26(4)20/h5-8,13,16H,9H2,1-4H3. The molecule has 1 heterocycles. The van der Waals surface area contributed by atoms with Crippen molar-refractivity contribution in [2.75, 3.05) is 26.7 Å². The molecule has 1 aromatic rings. The van der Waals surface area contributed by atoms with Crippen LogP contribution in [0.5, 0.6) is 0 Å². The van der Waals surface area contributed by atoms with Gasteiger partial charge >= 0.3 is 0 Å². The van der Waals surface area contributed by atoms with E-state index in [0.717, 1.165) is 16.1 Å². The third kappa shape index (κ3) is 4.57. The highest BCUT2D eigenvalue weighted by molar-refractivity contribution is 8.13. The molecule has 27 heavy (non-hydrogen) atoms. The molecule has 0 fully saturated rings. The van der Waals surface area contributed by atoms with Gasteiger partial charge in [-0.1, -0.05) is 23.9 Å². The number of nitrogens with one attached hydrogen (secondary N) is 1. The minimum atomic E-state index is -4.22. The average molecular weight is 433 g/mol. The number of amidine groups is 1. The topological polar surface area (TPSA) is 121 Å². The largest absolute Gasteiger partial charge is 0.484 e. The molecule has 0 saturated carbocycles. The third-order valence-electron chi connectivity index (χ3n) is 3.63. The SMILES string of the molecule is COC1=NC(=NC(=N)SC)N(S(=O)(=O)c2ccccc2S(C)=O)C(OC)C1. The molecule has 0 spiro atoms. The van der Waals surface area contributed by atoms with Crippen molar-refractivity contribution in [3.8, 4) is 0 Å². The summed E-state index contributed by atoms with van der Waals surface area (Å²) in [5, 5.41) is 7.65. The molecule has 0 amide bonds. The van der Waals surface area contributed by atoms with E-state index in [1.165, 1.54) is 32.6 Å². The summed E-state index contributed by atoms with van der Waals surface area (Å²) in [5.41, 5.74) is 0. The summed E-state index contributed by atoms with van der Waals surface area (Å²) in [6.07, 6.45) is 2.13. The van der Waals surface area contributed by atoms with E-state index in [4.69, 9.17) is 14.9 Å². The molecule has 0 aliphatic carbocycles. The lowest BCUT2D eigenvalue weighted by molar-refractivity contribution is 0.0438. The lowest BCUT2D eigenvalue weighted by atomic mass is 10.3. The molecule has 9 nitrogen and oxygen atoms in total. The highest BCUT2D eigenvalue weighted by Crippen LogP contribution is 2.28. The maximum Gasteiger partial charge on any atom is 0.270 e. The van der Waals surface area contributed by atoms with Gasteiger partial charge in [-0.25, -0.2) is 12.7 Å². The Kier molecular flexibility index (Phi) is 7.14. The summed E-state index contributed by atoms with van der Waals surface area (Å²) >= 11 is 1.03. The van der Waals surface area contributed by atoms with Crippen molar-refractivity contribution in [3.63, 3.8) is 0 Å². The molecule has 1 aromatic carbocycles. The second kappa shape index (κ2) is 8.95. The van der Waals surface area contributed by atoms with E-state index in [0.29, 0.717) is 0 Å². The Hall–Kier alpha value is -1.76. The number of hydrogen-bond donors (Lipinski definition) is 1. The fourth-order valence-electron chi connectivity index (χ4n) is 2.36. The van der Waals surface area contributed by atoms with Gasteiger partial charge in [0.2, 0.25) is 5.96 Å². The van der Waals surface area contributed by atoms with Gasteiger partial charge in [0, 0.05) is 13.4 Å². The van der Waals surface area contributed by atoms with Crippen LogP contribution in [0, 0.1) is 5.41 Å². The first-order valence-corrected chi connectivity index (χ1v) is 11.8. The number of guanidine groups is 1. The highest BCUT2D eigenvalue weighted by Gasteiger charge is 2.40. The number of rotatable bonds is 4. The molecule has 1 N–H and O–H groups in total. The molecule has 1 aliphatic heterocycles. The van der Waals surface area contributed by atoms with E-state index < -0.39 is 27.1 Å². The first-order chi connectivity index (χ1) is 12.8. The van der Waals surface area contributed by atoms with Gasteiger partial charge in [0.25, 0.3) is 10.0 Å². The van der Waals surface area contributed by atoms with E-state index in [1.54, 1.807) is 18.4 Å². The Balaban J connectivity index is 2.70. The Morgan fingerprint density at radius 3 is 2.63 bits per heavy atom. The van der Waals surface area contributed by atoms with Gasteiger partial charge < -0.3 is 9.47 Å². The summed E-state index contributed by atoms with van der Waals surface area (Å²) in [7, 11) is -2.99. The van der Waals surface area contributed by atoms with Gasteiger partial charge in [0.05, 0.1) is 29.2 Å². The molecular formula is C15H20N4O5S3. The zero-order valence-electron chi connectivity index (χ0n) is 15.2. The maximum atomic E-state index is 13.4. The van der Waals surface area contributed by atoms with Gasteiger partial charge in [-0.2, -0.15) is 9.98 Å². The zero-order valence-corrected chi connectivity index (χ0v) is 17.7. The minimum Gasteiger partial charge on any atom is -0.484 e. The molecule has 0 saturated heterocycles. The Morgan fingerprint density at radius 2 is 2.07 bits per heavy atom. The van der Waals surface area contributed by atoms with Crippen molar-refractivity contribution in [3.05, 3.63) is 24.3 Å². The van der Waals surface area contributed by atoms with Gasteiger partial charge in [-0.05, 0) is 18.4 Å². The van der Waals surface area contributed by atoms with Crippen LogP contribution in [0.25, 0.3) is 0 Å². The number of hydrogen-bond acceptors (Lipinski definition) is 7. The second-order valence-corrected chi connectivity index (χ2v) is 9.15. The summed E-state index contributed by atoms with van der Waals surface area (Å²) in [6.45, 7) is 0. The van der Waals surface area contributed by atoms with Crippen molar-refractivity contribution < 1.29 is 22.1 Å². The molecule has 0 aromatic heterocycles. The number of methoxy groups -OCH3 is 2. The fourth-order valence-corrected chi connectivity index (χ4v) is 5.37. The van der Waals surface area contributed by atoms with Gasteiger partial charge in [0.1, 0.15) is 4.90 Å². The predicted octanol–water partition coefficient (Wildman–Crippen LogP) is 1.49. The minimum absolute atomic E-state index is 0.0647. The number of benzene rings is 1. The Morgan fingerprint density at radius 1 is 1.41 bits per heavy atom. The van der Waals surface area contributed by atoms with Crippen LogP contribution in [-0.4, -0.2) is 66.9 Å². The average Bonchev–Trinajstić information content (AvgIpc) is 2.66. The lowest BCUT2D eigenvalue weighted by Gasteiger charge is -2.33. The highest BCUT2D eigenvalue weighted by atomic mass is 32.2. The number of sulfonamides is 1. The maximum absolute atomic E-state index is 13.4. The van der Waals surface area contributed by atoms with Crippen LogP contribution in [-0.2, 0) is 30.3 Å². The normalized spacial score (nSPS) is 20.3. The number of thioether (sulfide) groups is 1. The summed E-state index contributed by atoms with van der Waals surface area (Å²) in [5.74, 6) is -0.0192. The smallest absolute Gasteiger partial charge is 0.270 e. The second-order valence-electron chi connectivity index (χ2n) is 5.23. The van der Waals surface area contributed by atoms with Crippen LogP contribution in [0.3, 0.4) is 0 Å². The van der Waals surface area contributed by atoms with E-state index in [-0.39, 0.29) is 33.2 Å². The first kappa shape index (κ1) is 21.5. The molecular weight excluding hydrogens is 412 g/mol. The number of nitrogens with zero attached hydrogens (tertiary/aromatic N) is 3. The molecule has 2 rings (SSSR count). The number of aliphatic imine (C=N–C) groups is 2. The van der Waals surface area contributed by atoms with Crippen LogP contribution >= 0.6 is 11.8 Å². The molecule has 0 bridgehead atoms. The molecule has 2 atom stereocenters. The van der Waals surface area contributed by atoms with Crippen LogP contribution < -0.4 is 0 Å². The molecule has 148 valence electrons. The zero-order chi connectivity index (χ0) is 20.2. The fraction of sp³-hybridized carbons (Fsp3) is 0.400. The van der Waals surface area contributed by atoms with Crippen LogP contribution in [0.15, 0.2) is 44.0 Å². The molecule has 0 radical (unpaired) electrons. The predicted molar refractivity (Wildman–Crippen MR) is 106 cm³/mol. The first-order valence-electron chi connectivity index (χ1n) is 7.58. The van der Waals surface area contributed by atoms with Crippen LogP contribution in [0.2, 0.25) is 0 Å². The lowest BCUT2D eigenvalue weighted by Crippen LogP contribution is -2.49. The summed E-state index contributed by atoms with van der Waals surface area (Å²) in [6, 6.07) is 6.00. The van der Waals surface area contributed by atoms with Gasteiger partial charge in [-0.15, -0.1) is 0 Å². The van der Waals surface area contributed by atoms with Crippen molar-refractivity contribution in [2.45, 2.75) is 22.4 Å². The monoisotopic (exact) mass is 432 g/mol. The van der Waals surface area contributed by atoms with Crippen LogP contribution in [0.1, 0.15) is 6.42 Å². The molecule has 12 heteroatoms. The Bertz CT molecular complexity index is 914. The van der Waals surface area contributed by atoms with Crippen molar-refractivity contribution >= 4 is 49.6 Å². The van der Waals surface area contributed by atoms with E-state index in [1.807, 2.05) is 0 Å². The third-order valence-corrected chi connectivity index (χ3v) is 7.04. The van der Waals surface area contributed by atoms with Crippen molar-refractivity contribution in [1.29, 1.82) is 5.41 Å². The van der Waals surface area contributed by atoms with Crippen molar-refractivity contribution in [1.82, 2.24) is 4.31 Å². The van der Waals surface area contributed by atoms with Crippen LogP contribution in [0.4, 0.5) is 0 Å². The van der Waals surface area contributed by atoms with Crippen molar-refractivity contribution in [2.24, 2.45) is 9.98 Å². The van der Waals surface area contributed by atoms with E-state index >= 15 is 0 Å². The Labute approximate surface area is 164 Å². The summed E-state index contributed by atoms with van der Waals surface area (Å²) < 4.78 is 50.2. The molecule has 2 unspecified atom stereocenters. The van der Waals surface area contributed by atoms with E-state index in [9.17, 15) is 12.6 Å². The summed E-state index contributed by atoms with van der Waals surface area (Å²) in [4.78, 5) is 8.13. The molecule has 1 aliphatic rings. The van der Waals surface area contributed by atoms with Gasteiger partial charge in [-0.3, -0.25) is 9.62 Å². The van der Waals surface area contributed by atoms with Gasteiger partial charge in [0.15, 0.2) is 17.3 Å².